The summed E-state index contributed by atoms with van der Waals surface area (Å²) in [5.41, 5.74) is 4.79. The predicted molar refractivity (Wildman–Crippen MR) is 108 cm³/mol. The molecule has 1 aromatic heterocycles. The van der Waals surface area contributed by atoms with Gasteiger partial charge in [0.15, 0.2) is 6.73 Å². The average molecular weight is 357 g/mol. The van der Waals surface area contributed by atoms with Crippen LogP contribution in [-0.2, 0) is 6.54 Å². The van der Waals surface area contributed by atoms with Crippen molar-refractivity contribution in [2.45, 2.75) is 20.4 Å². The number of aryl methyl sites for hydroxylation is 2. The molecule has 134 valence electrons. The van der Waals surface area contributed by atoms with Gasteiger partial charge in [-0.05, 0) is 49.1 Å². The monoisotopic (exact) mass is 357 g/mol. The second-order valence-corrected chi connectivity index (χ2v) is 7.12. The minimum absolute atomic E-state index is 0.310. The third-order valence-corrected chi connectivity index (χ3v) is 5.27. The van der Waals surface area contributed by atoms with Gasteiger partial charge in [0.1, 0.15) is 11.3 Å². The molecule has 4 aromatic rings. The van der Waals surface area contributed by atoms with Crippen LogP contribution in [0.3, 0.4) is 0 Å². The second-order valence-electron chi connectivity index (χ2n) is 7.12. The maximum absolute atomic E-state index is 12.5. The smallest absolute Gasteiger partial charge is 0.344 e. The van der Waals surface area contributed by atoms with Gasteiger partial charge in [0.2, 0.25) is 0 Å². The van der Waals surface area contributed by atoms with E-state index < -0.39 is 0 Å². The largest absolute Gasteiger partial charge is 0.473 e. The number of nitrogens with zero attached hydrogens (tertiary/aromatic N) is 1. The fourth-order valence-electron chi connectivity index (χ4n) is 3.97. The molecular weight excluding hydrogens is 338 g/mol. The van der Waals surface area contributed by atoms with E-state index in [0.29, 0.717) is 24.2 Å². The summed E-state index contributed by atoms with van der Waals surface area (Å²) in [6, 6.07) is 17.9. The topological polar surface area (TPSA) is 42.7 Å². The van der Waals surface area contributed by atoms with Gasteiger partial charge in [-0.25, -0.2) is 4.79 Å². The van der Waals surface area contributed by atoms with Crippen LogP contribution in [0.25, 0.3) is 21.7 Å². The summed E-state index contributed by atoms with van der Waals surface area (Å²) < 4.78 is 11.7. The third kappa shape index (κ3) is 2.48. The zero-order valence-electron chi connectivity index (χ0n) is 15.3. The van der Waals surface area contributed by atoms with Crippen LogP contribution in [0.15, 0.2) is 63.8 Å². The first-order valence-electron chi connectivity index (χ1n) is 9.04. The van der Waals surface area contributed by atoms with Crippen molar-refractivity contribution in [3.63, 3.8) is 0 Å². The van der Waals surface area contributed by atoms with Crippen molar-refractivity contribution in [2.24, 2.45) is 0 Å². The van der Waals surface area contributed by atoms with E-state index in [1.807, 2.05) is 30.3 Å². The van der Waals surface area contributed by atoms with E-state index in [4.69, 9.17) is 9.15 Å². The highest BCUT2D eigenvalue weighted by molar-refractivity contribution is 6.05. The van der Waals surface area contributed by atoms with E-state index in [0.717, 1.165) is 27.8 Å². The first-order valence-corrected chi connectivity index (χ1v) is 9.04. The summed E-state index contributed by atoms with van der Waals surface area (Å²) in [7, 11) is 0. The van der Waals surface area contributed by atoms with Crippen LogP contribution >= 0.6 is 0 Å². The van der Waals surface area contributed by atoms with Gasteiger partial charge in [0.05, 0.1) is 17.5 Å². The van der Waals surface area contributed by atoms with Crippen molar-refractivity contribution >= 4 is 27.4 Å². The van der Waals surface area contributed by atoms with Crippen molar-refractivity contribution in [3.8, 4) is 5.75 Å². The molecule has 0 spiro atoms. The molecule has 0 N–H and O–H groups in total. The summed E-state index contributed by atoms with van der Waals surface area (Å²) in [5.74, 6) is 0.780. The molecule has 2 heterocycles. The van der Waals surface area contributed by atoms with Gasteiger partial charge < -0.3 is 14.1 Å². The highest BCUT2D eigenvalue weighted by Gasteiger charge is 2.23. The van der Waals surface area contributed by atoms with Gasteiger partial charge in [-0.1, -0.05) is 35.9 Å². The second kappa shape index (κ2) is 5.88. The Morgan fingerprint density at radius 2 is 1.74 bits per heavy atom. The highest BCUT2D eigenvalue weighted by Crippen LogP contribution is 2.36. The number of ether oxygens (including phenoxy) is 1. The summed E-state index contributed by atoms with van der Waals surface area (Å²) in [6.45, 7) is 5.30. The minimum Gasteiger partial charge on any atom is -0.473 e. The molecule has 5 rings (SSSR count). The average Bonchev–Trinajstić information content (AvgIpc) is 2.68. The lowest BCUT2D eigenvalue weighted by molar-refractivity contribution is 0.289. The Hall–Kier alpha value is -3.27. The molecule has 4 nitrogen and oxygen atoms in total. The van der Waals surface area contributed by atoms with E-state index in [2.05, 4.69) is 36.9 Å². The van der Waals surface area contributed by atoms with Crippen LogP contribution in [0.5, 0.6) is 5.75 Å². The van der Waals surface area contributed by atoms with Gasteiger partial charge in [0, 0.05) is 11.1 Å². The molecule has 0 aliphatic carbocycles. The number of anilines is 1. The van der Waals surface area contributed by atoms with Crippen LogP contribution in [0.2, 0.25) is 0 Å². The molecule has 0 radical (unpaired) electrons. The van der Waals surface area contributed by atoms with Gasteiger partial charge in [-0.3, -0.25) is 0 Å². The summed E-state index contributed by atoms with van der Waals surface area (Å²) in [4.78, 5) is 14.7. The Bertz CT molecular complexity index is 1260. The van der Waals surface area contributed by atoms with Crippen molar-refractivity contribution in [1.29, 1.82) is 0 Å². The highest BCUT2D eigenvalue weighted by atomic mass is 16.5. The first kappa shape index (κ1) is 15.9. The van der Waals surface area contributed by atoms with E-state index in [9.17, 15) is 4.79 Å². The number of hydrogen-bond donors (Lipinski definition) is 0. The fourth-order valence-corrected chi connectivity index (χ4v) is 3.97. The van der Waals surface area contributed by atoms with Crippen LogP contribution in [0.4, 0.5) is 5.69 Å². The summed E-state index contributed by atoms with van der Waals surface area (Å²) >= 11 is 0. The minimum atomic E-state index is -0.310. The van der Waals surface area contributed by atoms with Gasteiger partial charge in [0.25, 0.3) is 0 Å². The Kier molecular flexibility index (Phi) is 3.47. The number of benzene rings is 3. The Morgan fingerprint density at radius 1 is 0.926 bits per heavy atom. The Morgan fingerprint density at radius 3 is 2.56 bits per heavy atom. The number of hydrogen-bond acceptors (Lipinski definition) is 4. The lowest BCUT2D eigenvalue weighted by atomic mass is 10.0. The third-order valence-electron chi connectivity index (χ3n) is 5.27. The molecule has 0 fully saturated rings. The van der Waals surface area contributed by atoms with Crippen molar-refractivity contribution in [2.75, 3.05) is 11.6 Å². The first-order chi connectivity index (χ1) is 13.1. The standard InChI is InChI=1S/C23H19NO3/c1-14-7-9-20(15(2)11-14)24-12-19-21(26-13-24)10-8-17-16-5-3-4-6-18(16)23(25)27-22(17)19/h3-11H,12-13H2,1-2H3. The molecule has 0 atom stereocenters. The lowest BCUT2D eigenvalue weighted by Gasteiger charge is -2.32. The molecule has 0 saturated heterocycles. The van der Waals surface area contributed by atoms with Crippen LogP contribution in [0.1, 0.15) is 16.7 Å². The molecule has 0 bridgehead atoms. The molecule has 0 saturated carbocycles. The molecule has 0 amide bonds. The summed E-state index contributed by atoms with van der Waals surface area (Å²) in [6.07, 6.45) is 0. The lowest BCUT2D eigenvalue weighted by Crippen LogP contribution is -2.32. The fraction of sp³-hybridized carbons (Fsp3) is 0.174. The predicted octanol–water partition coefficient (Wildman–Crippen LogP) is 4.92. The quantitative estimate of drug-likeness (QED) is 0.358. The molecule has 4 heteroatoms. The number of fused-ring (bicyclic) bond motifs is 5. The normalized spacial score (nSPS) is 13.6. The van der Waals surface area contributed by atoms with Crippen molar-refractivity contribution < 1.29 is 9.15 Å². The van der Waals surface area contributed by atoms with E-state index >= 15 is 0 Å². The zero-order chi connectivity index (χ0) is 18.5. The van der Waals surface area contributed by atoms with Crippen LogP contribution in [-0.4, -0.2) is 6.73 Å². The molecule has 1 aliphatic rings. The Labute approximate surface area is 156 Å². The van der Waals surface area contributed by atoms with E-state index in [1.54, 1.807) is 6.07 Å². The Balaban J connectivity index is 1.70. The number of rotatable bonds is 1. The molecular formula is C23H19NO3. The SMILES string of the molecule is Cc1ccc(N2COc3ccc4c(oc(=O)c5ccccc54)c3C2)c(C)c1. The van der Waals surface area contributed by atoms with Gasteiger partial charge in [-0.2, -0.15) is 0 Å². The van der Waals surface area contributed by atoms with E-state index in [-0.39, 0.29) is 5.63 Å². The molecule has 1 aliphatic heterocycles. The molecule has 3 aromatic carbocycles. The maximum Gasteiger partial charge on any atom is 0.344 e. The van der Waals surface area contributed by atoms with Crippen molar-refractivity contribution in [3.05, 3.63) is 81.7 Å². The zero-order valence-corrected chi connectivity index (χ0v) is 15.3. The van der Waals surface area contributed by atoms with Crippen LogP contribution in [0, 0.1) is 13.8 Å². The van der Waals surface area contributed by atoms with Crippen molar-refractivity contribution in [1.82, 2.24) is 0 Å². The molecule has 27 heavy (non-hydrogen) atoms. The summed E-state index contributed by atoms with van der Waals surface area (Å²) in [5, 5.41) is 2.46. The van der Waals surface area contributed by atoms with Gasteiger partial charge >= 0.3 is 5.63 Å². The van der Waals surface area contributed by atoms with Gasteiger partial charge in [-0.15, -0.1) is 0 Å². The molecule has 0 unspecified atom stereocenters. The van der Waals surface area contributed by atoms with Crippen LogP contribution < -0.4 is 15.3 Å². The van der Waals surface area contributed by atoms with E-state index in [1.165, 1.54) is 11.1 Å². The maximum atomic E-state index is 12.5.